The van der Waals surface area contributed by atoms with E-state index in [-0.39, 0.29) is 25.2 Å². The first-order valence-electron chi connectivity index (χ1n) is 30.0. The number of hydrogen-bond acceptors (Lipinski definition) is 5. The van der Waals surface area contributed by atoms with Crippen LogP contribution in [-0.4, -0.2) is 36.4 Å². The Morgan fingerprint density at radius 3 is 0.811 bits per heavy atom. The first-order chi connectivity index (χ1) is 36.6. The highest BCUT2D eigenvalue weighted by molar-refractivity contribution is 5.70. The van der Waals surface area contributed by atoms with Gasteiger partial charge >= 0.3 is 11.9 Å². The van der Waals surface area contributed by atoms with Crippen LogP contribution >= 0.6 is 0 Å². The summed E-state index contributed by atoms with van der Waals surface area (Å²) in [6.07, 6.45) is 96.4. The largest absolute Gasteiger partial charge is 0.462 e. The Bertz CT molecular complexity index is 1620. The highest BCUT2D eigenvalue weighted by atomic mass is 16.6. The third kappa shape index (κ3) is 60.1. The first kappa shape index (κ1) is 69.5. The highest BCUT2D eigenvalue weighted by Crippen LogP contribution is 2.15. The highest BCUT2D eigenvalue weighted by Gasteiger charge is 2.16. The van der Waals surface area contributed by atoms with Crippen LogP contribution in [0.15, 0.2) is 158 Å². The second-order valence-electron chi connectivity index (χ2n) is 19.3. The molecular formula is C69H110O5. The molecule has 0 aromatic rings. The van der Waals surface area contributed by atoms with Crippen molar-refractivity contribution in [2.24, 2.45) is 0 Å². The van der Waals surface area contributed by atoms with Crippen molar-refractivity contribution in [3.63, 3.8) is 0 Å². The summed E-state index contributed by atoms with van der Waals surface area (Å²) in [5.74, 6) is -0.612. The summed E-state index contributed by atoms with van der Waals surface area (Å²) >= 11 is 0. The van der Waals surface area contributed by atoms with E-state index in [0.717, 1.165) is 128 Å². The van der Waals surface area contributed by atoms with Gasteiger partial charge in [0.25, 0.3) is 0 Å². The molecule has 416 valence electrons. The van der Waals surface area contributed by atoms with E-state index in [9.17, 15) is 14.7 Å². The fraction of sp³-hybridized carbons (Fsp3) is 0.594. The number of ether oxygens (including phenoxy) is 2. The fourth-order valence-corrected chi connectivity index (χ4v) is 7.89. The molecule has 74 heavy (non-hydrogen) atoms. The summed E-state index contributed by atoms with van der Waals surface area (Å²) in [6.45, 7) is 3.90. The summed E-state index contributed by atoms with van der Waals surface area (Å²) < 4.78 is 10.7. The van der Waals surface area contributed by atoms with Gasteiger partial charge in [-0.15, -0.1) is 0 Å². The number of carbonyl (C=O) groups excluding carboxylic acids is 2. The number of hydrogen-bond donors (Lipinski definition) is 1. The van der Waals surface area contributed by atoms with Gasteiger partial charge in [-0.3, -0.25) is 9.59 Å². The molecule has 0 spiro atoms. The molecule has 0 aliphatic heterocycles. The van der Waals surface area contributed by atoms with Crippen LogP contribution in [0.5, 0.6) is 0 Å². The van der Waals surface area contributed by atoms with Gasteiger partial charge < -0.3 is 14.6 Å². The third-order valence-electron chi connectivity index (χ3n) is 12.3. The van der Waals surface area contributed by atoms with Gasteiger partial charge in [0.2, 0.25) is 0 Å². The Morgan fingerprint density at radius 1 is 0.311 bits per heavy atom. The van der Waals surface area contributed by atoms with E-state index in [1.165, 1.54) is 89.9 Å². The maximum Gasteiger partial charge on any atom is 0.306 e. The predicted molar refractivity (Wildman–Crippen MR) is 324 cm³/mol. The van der Waals surface area contributed by atoms with E-state index in [0.29, 0.717) is 12.8 Å². The minimum atomic E-state index is -0.790. The Balaban J connectivity index is 3.58. The van der Waals surface area contributed by atoms with Crippen LogP contribution in [-0.2, 0) is 19.1 Å². The first-order valence-corrected chi connectivity index (χ1v) is 30.0. The van der Waals surface area contributed by atoms with Crippen molar-refractivity contribution in [3.05, 3.63) is 158 Å². The van der Waals surface area contributed by atoms with E-state index in [1.807, 2.05) is 0 Å². The summed E-state index contributed by atoms with van der Waals surface area (Å²) in [6, 6.07) is 0. The maximum absolute atomic E-state index is 12.3. The average molecular weight is 1020 g/mol. The Kier molecular flexibility index (Phi) is 59.0. The van der Waals surface area contributed by atoms with Crippen LogP contribution < -0.4 is 0 Å². The molecule has 5 nitrogen and oxygen atoms in total. The fourth-order valence-electron chi connectivity index (χ4n) is 7.89. The smallest absolute Gasteiger partial charge is 0.306 e. The van der Waals surface area contributed by atoms with Gasteiger partial charge in [0.05, 0.1) is 6.61 Å². The zero-order valence-corrected chi connectivity index (χ0v) is 47.5. The quantitative estimate of drug-likeness (QED) is 0.0373. The zero-order valence-electron chi connectivity index (χ0n) is 47.5. The lowest BCUT2D eigenvalue weighted by molar-refractivity contribution is -0.161. The van der Waals surface area contributed by atoms with Crippen molar-refractivity contribution in [1.29, 1.82) is 0 Å². The summed E-state index contributed by atoms with van der Waals surface area (Å²) in [7, 11) is 0. The monoisotopic (exact) mass is 1020 g/mol. The van der Waals surface area contributed by atoms with Crippen molar-refractivity contribution in [2.75, 3.05) is 13.2 Å². The summed E-state index contributed by atoms with van der Waals surface area (Å²) in [5, 5.41) is 9.67. The van der Waals surface area contributed by atoms with Gasteiger partial charge in [-0.05, 0) is 122 Å². The lowest BCUT2D eigenvalue weighted by Gasteiger charge is -2.15. The van der Waals surface area contributed by atoms with Crippen molar-refractivity contribution in [2.45, 2.75) is 251 Å². The van der Waals surface area contributed by atoms with E-state index in [4.69, 9.17) is 9.47 Å². The van der Waals surface area contributed by atoms with Crippen molar-refractivity contribution < 1.29 is 24.2 Å². The molecule has 5 heteroatoms. The number of aliphatic hydroxyl groups excluding tert-OH is 1. The average Bonchev–Trinajstić information content (AvgIpc) is 3.40. The zero-order chi connectivity index (χ0) is 53.4. The standard InChI is InChI=1S/C69H110O5/c1-3-5-7-9-11-13-15-17-19-21-23-25-27-29-31-32-33-34-35-36-38-40-42-44-46-48-50-52-54-56-58-60-62-64-69(72)74-67(65-70)66-73-68(71)63-61-59-57-55-53-51-49-47-45-43-41-39-37-30-28-26-24-22-20-18-16-14-12-10-8-6-4-2/h5-8,11-14,17-20,23-26,29-31,33-34,36-38,41,43,67,70H,3-4,9-10,15-16,21-22,27-28,32,35,39-40,42,44-66H2,1-2H3/b7-5-,8-6-,13-11-,14-12-,19-17-,20-18-,25-23-,26-24-,31-29-,34-33-,37-30-,38-36-,43-41-. The molecule has 1 unspecified atom stereocenters. The molecule has 0 aliphatic carbocycles. The Hall–Kier alpha value is -4.48. The molecule has 0 amide bonds. The number of allylic oxidation sites excluding steroid dienone is 26. The molecule has 0 bridgehead atoms. The molecule has 0 aromatic heterocycles. The minimum Gasteiger partial charge on any atom is -0.462 e. The molecule has 0 aliphatic rings. The molecule has 0 radical (unpaired) electrons. The van der Waals surface area contributed by atoms with E-state index in [1.54, 1.807) is 0 Å². The topological polar surface area (TPSA) is 72.8 Å². The summed E-state index contributed by atoms with van der Waals surface area (Å²) in [5.41, 5.74) is 0. The molecular weight excluding hydrogens is 909 g/mol. The van der Waals surface area contributed by atoms with Crippen LogP contribution in [0.1, 0.15) is 245 Å². The normalized spacial score (nSPS) is 13.4. The number of esters is 2. The van der Waals surface area contributed by atoms with Crippen molar-refractivity contribution in [3.8, 4) is 0 Å². The number of rotatable bonds is 53. The lowest BCUT2D eigenvalue weighted by Crippen LogP contribution is -2.28. The summed E-state index contributed by atoms with van der Waals surface area (Å²) in [4.78, 5) is 24.6. The molecule has 1 atom stereocenters. The van der Waals surface area contributed by atoms with Crippen molar-refractivity contribution >= 4 is 11.9 Å². The molecule has 0 fully saturated rings. The van der Waals surface area contributed by atoms with Gasteiger partial charge in [-0.25, -0.2) is 0 Å². The minimum absolute atomic E-state index is 0.0809. The lowest BCUT2D eigenvalue weighted by atomic mass is 10.0. The second kappa shape index (κ2) is 62.8. The molecule has 0 heterocycles. The molecule has 1 N–H and O–H groups in total. The number of unbranched alkanes of at least 4 members (excludes halogenated alkanes) is 19. The SMILES string of the molecule is CC/C=C\C/C=C\C/C=C\C/C=C\C/C=C\C/C=C\C/C=C\CCCCCCCCCCCCCC(=O)OC(CO)COC(=O)CCCCCCCCCC/C=C\C/C=C\C/C=C\C/C=C\C/C=C\C/C=C\CC. The van der Waals surface area contributed by atoms with E-state index < -0.39 is 6.10 Å². The van der Waals surface area contributed by atoms with Gasteiger partial charge in [0, 0.05) is 12.8 Å². The molecule has 0 aromatic carbocycles. The molecule has 0 saturated heterocycles. The number of aliphatic hydroxyl groups is 1. The van der Waals surface area contributed by atoms with Crippen LogP contribution in [0, 0.1) is 0 Å². The van der Waals surface area contributed by atoms with E-state index >= 15 is 0 Å². The van der Waals surface area contributed by atoms with Crippen molar-refractivity contribution in [1.82, 2.24) is 0 Å². The van der Waals surface area contributed by atoms with E-state index in [2.05, 4.69) is 172 Å². The van der Waals surface area contributed by atoms with Gasteiger partial charge in [0.1, 0.15) is 6.61 Å². The van der Waals surface area contributed by atoms with Gasteiger partial charge in [-0.2, -0.15) is 0 Å². The number of carbonyl (C=O) groups is 2. The molecule has 0 rings (SSSR count). The predicted octanol–water partition coefficient (Wildman–Crippen LogP) is 20.7. The van der Waals surface area contributed by atoms with Crippen LogP contribution in [0.3, 0.4) is 0 Å². The molecule has 0 saturated carbocycles. The maximum atomic E-state index is 12.3. The van der Waals surface area contributed by atoms with Crippen LogP contribution in [0.25, 0.3) is 0 Å². The second-order valence-corrected chi connectivity index (χ2v) is 19.3. The van der Waals surface area contributed by atoms with Crippen LogP contribution in [0.2, 0.25) is 0 Å². The third-order valence-corrected chi connectivity index (χ3v) is 12.3. The van der Waals surface area contributed by atoms with Gasteiger partial charge in [-0.1, -0.05) is 268 Å². The Morgan fingerprint density at radius 2 is 0.541 bits per heavy atom. The van der Waals surface area contributed by atoms with Crippen LogP contribution in [0.4, 0.5) is 0 Å². The Labute approximate surface area is 456 Å². The van der Waals surface area contributed by atoms with Gasteiger partial charge in [0.15, 0.2) is 6.10 Å².